The minimum atomic E-state index is 0.500. The fourth-order valence-corrected chi connectivity index (χ4v) is 1.79. The smallest absolute Gasteiger partial charge is 0.0279 e. The molecule has 1 unspecified atom stereocenters. The van der Waals surface area contributed by atoms with Gasteiger partial charge in [0, 0.05) is 6.04 Å². The zero-order valence-electron chi connectivity index (χ0n) is 11.6. The standard InChI is InChI=1S/C15H29N/c1-6-8-9-10-11-12-15(16-7-2)14(5)13(3)4/h8-9,13,15-16H,5-7,10-12H2,1-4H3/b9-8-. The molecule has 0 aromatic carbocycles. The topological polar surface area (TPSA) is 12.0 Å². The highest BCUT2D eigenvalue weighted by molar-refractivity contribution is 5.08. The Balaban J connectivity index is 3.94. The van der Waals surface area contributed by atoms with Crippen molar-refractivity contribution < 1.29 is 0 Å². The number of rotatable bonds is 9. The minimum absolute atomic E-state index is 0.500. The van der Waals surface area contributed by atoms with Crippen LogP contribution in [0.15, 0.2) is 24.3 Å². The number of hydrogen-bond acceptors (Lipinski definition) is 1. The zero-order chi connectivity index (χ0) is 12.4. The molecule has 0 aliphatic heterocycles. The van der Waals surface area contributed by atoms with E-state index >= 15 is 0 Å². The van der Waals surface area contributed by atoms with Crippen LogP contribution in [-0.4, -0.2) is 12.6 Å². The van der Waals surface area contributed by atoms with Gasteiger partial charge in [-0.25, -0.2) is 0 Å². The number of allylic oxidation sites excluding steroid dienone is 2. The van der Waals surface area contributed by atoms with Crippen LogP contribution < -0.4 is 5.32 Å². The molecule has 0 aromatic rings. The normalized spacial score (nSPS) is 13.6. The third-order valence-corrected chi connectivity index (χ3v) is 2.91. The molecule has 0 radical (unpaired) electrons. The molecule has 1 N–H and O–H groups in total. The molecule has 0 amide bonds. The Kier molecular flexibility index (Phi) is 9.31. The van der Waals surface area contributed by atoms with Crippen molar-refractivity contribution in [1.29, 1.82) is 0 Å². The van der Waals surface area contributed by atoms with E-state index in [9.17, 15) is 0 Å². The Morgan fingerprint density at radius 3 is 2.44 bits per heavy atom. The quantitative estimate of drug-likeness (QED) is 0.453. The molecule has 1 heteroatoms. The van der Waals surface area contributed by atoms with E-state index in [0.29, 0.717) is 12.0 Å². The summed E-state index contributed by atoms with van der Waals surface area (Å²) in [6.45, 7) is 14.0. The average molecular weight is 223 g/mol. The van der Waals surface area contributed by atoms with Gasteiger partial charge >= 0.3 is 0 Å². The largest absolute Gasteiger partial charge is 0.311 e. The van der Waals surface area contributed by atoms with E-state index < -0.39 is 0 Å². The van der Waals surface area contributed by atoms with E-state index in [0.717, 1.165) is 13.0 Å². The summed E-state index contributed by atoms with van der Waals surface area (Å²) in [4.78, 5) is 0. The number of nitrogens with one attached hydrogen (secondary N) is 1. The lowest BCUT2D eigenvalue weighted by Gasteiger charge is -2.22. The number of hydrogen-bond donors (Lipinski definition) is 1. The van der Waals surface area contributed by atoms with Gasteiger partial charge in [0.2, 0.25) is 0 Å². The first-order valence-electron chi connectivity index (χ1n) is 6.70. The van der Waals surface area contributed by atoms with Crippen LogP contribution in [0.1, 0.15) is 53.4 Å². The molecule has 1 atom stereocenters. The van der Waals surface area contributed by atoms with Crippen LogP contribution >= 0.6 is 0 Å². The van der Waals surface area contributed by atoms with Gasteiger partial charge in [-0.3, -0.25) is 0 Å². The summed E-state index contributed by atoms with van der Waals surface area (Å²) in [6, 6.07) is 0.500. The van der Waals surface area contributed by atoms with Crippen molar-refractivity contribution in [2.75, 3.05) is 6.54 Å². The highest BCUT2D eigenvalue weighted by Gasteiger charge is 2.13. The minimum Gasteiger partial charge on any atom is -0.311 e. The van der Waals surface area contributed by atoms with Gasteiger partial charge in [0.05, 0.1) is 0 Å². The van der Waals surface area contributed by atoms with E-state index in [1.54, 1.807) is 0 Å². The summed E-state index contributed by atoms with van der Waals surface area (Å²) >= 11 is 0. The van der Waals surface area contributed by atoms with Gasteiger partial charge < -0.3 is 5.32 Å². The van der Waals surface area contributed by atoms with E-state index in [1.807, 2.05) is 0 Å². The maximum atomic E-state index is 4.21. The second-order valence-electron chi connectivity index (χ2n) is 4.65. The van der Waals surface area contributed by atoms with Crippen LogP contribution in [0.25, 0.3) is 0 Å². The van der Waals surface area contributed by atoms with E-state index in [-0.39, 0.29) is 0 Å². The van der Waals surface area contributed by atoms with Gasteiger partial charge in [0.15, 0.2) is 0 Å². The van der Waals surface area contributed by atoms with Crippen molar-refractivity contribution in [2.45, 2.75) is 59.4 Å². The van der Waals surface area contributed by atoms with E-state index in [2.05, 4.69) is 51.7 Å². The fraction of sp³-hybridized carbons (Fsp3) is 0.733. The van der Waals surface area contributed by atoms with Gasteiger partial charge in [-0.2, -0.15) is 0 Å². The lowest BCUT2D eigenvalue weighted by Crippen LogP contribution is -2.32. The van der Waals surface area contributed by atoms with Crippen molar-refractivity contribution in [3.05, 3.63) is 24.3 Å². The fourth-order valence-electron chi connectivity index (χ4n) is 1.79. The van der Waals surface area contributed by atoms with Crippen molar-refractivity contribution in [3.8, 4) is 0 Å². The second kappa shape index (κ2) is 9.65. The monoisotopic (exact) mass is 223 g/mol. The molecule has 0 rings (SSSR count). The molecule has 0 aliphatic rings. The molecule has 94 valence electrons. The first kappa shape index (κ1) is 15.4. The number of unbranched alkanes of at least 4 members (excludes halogenated alkanes) is 1. The molecule has 0 saturated heterocycles. The lowest BCUT2D eigenvalue weighted by atomic mass is 9.93. The van der Waals surface area contributed by atoms with E-state index in [1.165, 1.54) is 24.8 Å². The Hall–Kier alpha value is -0.560. The highest BCUT2D eigenvalue weighted by atomic mass is 14.9. The molecule has 0 bridgehead atoms. The summed E-state index contributed by atoms with van der Waals surface area (Å²) < 4.78 is 0. The molecule has 0 heterocycles. The van der Waals surface area contributed by atoms with Gasteiger partial charge in [0.1, 0.15) is 0 Å². The Labute approximate surface area is 102 Å². The molecule has 0 fully saturated rings. The predicted octanol–water partition coefficient (Wildman–Crippen LogP) is 4.31. The Morgan fingerprint density at radius 2 is 1.94 bits per heavy atom. The summed E-state index contributed by atoms with van der Waals surface area (Å²) in [5.41, 5.74) is 1.35. The maximum Gasteiger partial charge on any atom is 0.0279 e. The summed E-state index contributed by atoms with van der Waals surface area (Å²) in [6.07, 6.45) is 9.34. The summed E-state index contributed by atoms with van der Waals surface area (Å²) in [7, 11) is 0. The second-order valence-corrected chi connectivity index (χ2v) is 4.65. The van der Waals surface area contributed by atoms with Crippen LogP contribution in [0.5, 0.6) is 0 Å². The van der Waals surface area contributed by atoms with Gasteiger partial charge in [0.25, 0.3) is 0 Å². The molecule has 0 aliphatic carbocycles. The third kappa shape index (κ3) is 6.84. The number of likely N-dealkylation sites (N-methyl/N-ethyl adjacent to an activating group) is 1. The van der Waals surface area contributed by atoms with Crippen LogP contribution in [0, 0.1) is 5.92 Å². The van der Waals surface area contributed by atoms with Gasteiger partial charge in [-0.05, 0) is 38.1 Å². The van der Waals surface area contributed by atoms with Gasteiger partial charge in [-0.15, -0.1) is 0 Å². The molecule has 16 heavy (non-hydrogen) atoms. The first-order valence-corrected chi connectivity index (χ1v) is 6.70. The lowest BCUT2D eigenvalue weighted by molar-refractivity contribution is 0.497. The summed E-state index contributed by atoms with van der Waals surface area (Å²) in [5, 5.41) is 3.53. The predicted molar refractivity (Wildman–Crippen MR) is 74.7 cm³/mol. The SMILES string of the molecule is C=C(C(C)C)C(CCC/C=C\CC)NCC. The van der Waals surface area contributed by atoms with Crippen LogP contribution in [-0.2, 0) is 0 Å². The molecular weight excluding hydrogens is 194 g/mol. The average Bonchev–Trinajstić information content (AvgIpc) is 2.26. The van der Waals surface area contributed by atoms with E-state index in [4.69, 9.17) is 0 Å². The Morgan fingerprint density at radius 1 is 1.25 bits per heavy atom. The van der Waals surface area contributed by atoms with Gasteiger partial charge in [-0.1, -0.05) is 52.0 Å². The molecule has 0 aromatic heterocycles. The molecule has 0 spiro atoms. The van der Waals surface area contributed by atoms with Crippen molar-refractivity contribution in [3.63, 3.8) is 0 Å². The van der Waals surface area contributed by atoms with Crippen molar-refractivity contribution in [1.82, 2.24) is 5.32 Å². The van der Waals surface area contributed by atoms with Crippen LogP contribution in [0.2, 0.25) is 0 Å². The van der Waals surface area contributed by atoms with Crippen LogP contribution in [0.4, 0.5) is 0 Å². The van der Waals surface area contributed by atoms with Crippen LogP contribution in [0.3, 0.4) is 0 Å². The van der Waals surface area contributed by atoms with Crippen molar-refractivity contribution >= 4 is 0 Å². The van der Waals surface area contributed by atoms with Crippen molar-refractivity contribution in [2.24, 2.45) is 5.92 Å². The Bertz CT molecular complexity index is 203. The first-order chi connectivity index (χ1) is 7.63. The third-order valence-electron chi connectivity index (χ3n) is 2.91. The highest BCUT2D eigenvalue weighted by Crippen LogP contribution is 2.16. The summed E-state index contributed by atoms with van der Waals surface area (Å²) in [5.74, 6) is 0.579. The molecule has 0 saturated carbocycles. The zero-order valence-corrected chi connectivity index (χ0v) is 11.6. The molecule has 1 nitrogen and oxygen atoms in total. The molecular formula is C15H29N. The maximum absolute atomic E-state index is 4.21.